The van der Waals surface area contributed by atoms with Crippen LogP contribution in [-0.2, 0) is 4.74 Å². The Hall–Kier alpha value is -1.22. The van der Waals surface area contributed by atoms with Crippen molar-refractivity contribution >= 4 is 11.4 Å². The highest BCUT2D eigenvalue weighted by Crippen LogP contribution is 2.21. The zero-order valence-corrected chi connectivity index (χ0v) is 8.86. The summed E-state index contributed by atoms with van der Waals surface area (Å²) >= 11 is 0. The highest BCUT2D eigenvalue weighted by molar-refractivity contribution is 5.67. The third-order valence-electron chi connectivity index (χ3n) is 2.22. The number of likely N-dealkylation sites (N-methyl/N-ethyl adjacent to an activating group) is 1. The van der Waals surface area contributed by atoms with Crippen molar-refractivity contribution in [3.05, 3.63) is 24.3 Å². The zero-order valence-electron chi connectivity index (χ0n) is 8.86. The molecule has 0 saturated carbocycles. The maximum atomic E-state index is 5.89. The average molecular weight is 194 g/mol. The van der Waals surface area contributed by atoms with Gasteiger partial charge in [0.1, 0.15) is 0 Å². The van der Waals surface area contributed by atoms with E-state index in [-0.39, 0.29) is 0 Å². The number of hydrogen-bond acceptors (Lipinski definition) is 3. The Morgan fingerprint density at radius 1 is 1.36 bits per heavy atom. The molecule has 78 valence electrons. The third-order valence-corrected chi connectivity index (χ3v) is 2.22. The molecule has 0 atom stereocenters. The van der Waals surface area contributed by atoms with Gasteiger partial charge in [0.25, 0.3) is 0 Å². The van der Waals surface area contributed by atoms with E-state index in [2.05, 4.69) is 11.8 Å². The molecule has 0 aliphatic carbocycles. The van der Waals surface area contributed by atoms with Crippen LogP contribution in [-0.4, -0.2) is 26.8 Å². The first-order valence-corrected chi connectivity index (χ1v) is 4.88. The van der Waals surface area contributed by atoms with Gasteiger partial charge in [-0.2, -0.15) is 0 Å². The number of hydrogen-bond donors (Lipinski definition) is 1. The molecule has 0 saturated heterocycles. The molecule has 0 unspecified atom stereocenters. The Morgan fingerprint density at radius 3 is 2.64 bits per heavy atom. The maximum absolute atomic E-state index is 5.89. The van der Waals surface area contributed by atoms with Gasteiger partial charge in [-0.15, -0.1) is 0 Å². The molecule has 1 aromatic carbocycles. The summed E-state index contributed by atoms with van der Waals surface area (Å²) in [6, 6.07) is 7.91. The van der Waals surface area contributed by atoms with Gasteiger partial charge in [0.15, 0.2) is 0 Å². The second-order valence-electron chi connectivity index (χ2n) is 3.13. The number of benzene rings is 1. The first kappa shape index (κ1) is 10.9. The molecule has 0 heterocycles. The number of anilines is 2. The molecule has 0 fully saturated rings. The fourth-order valence-electron chi connectivity index (χ4n) is 1.43. The molecule has 1 aromatic rings. The molecule has 0 bridgehead atoms. The van der Waals surface area contributed by atoms with E-state index in [1.807, 2.05) is 24.3 Å². The Labute approximate surface area is 85.5 Å². The number of rotatable bonds is 5. The molecule has 3 heteroatoms. The highest BCUT2D eigenvalue weighted by atomic mass is 16.5. The van der Waals surface area contributed by atoms with E-state index in [1.54, 1.807) is 7.11 Å². The quantitative estimate of drug-likeness (QED) is 0.726. The summed E-state index contributed by atoms with van der Waals surface area (Å²) < 4.78 is 5.05. The number of nitrogens with zero attached hydrogens (tertiary/aromatic N) is 1. The van der Waals surface area contributed by atoms with Crippen molar-refractivity contribution < 1.29 is 4.74 Å². The minimum Gasteiger partial charge on any atom is -0.397 e. The van der Waals surface area contributed by atoms with Gasteiger partial charge in [-0.3, -0.25) is 0 Å². The van der Waals surface area contributed by atoms with Crippen LogP contribution in [0, 0.1) is 0 Å². The van der Waals surface area contributed by atoms with Gasteiger partial charge in [0.2, 0.25) is 0 Å². The molecular formula is C11H18N2O. The SMILES string of the molecule is CCN(CCOC)c1ccccc1N. The topological polar surface area (TPSA) is 38.5 Å². The summed E-state index contributed by atoms with van der Waals surface area (Å²) in [7, 11) is 1.71. The summed E-state index contributed by atoms with van der Waals surface area (Å²) in [6.07, 6.45) is 0. The lowest BCUT2D eigenvalue weighted by molar-refractivity contribution is 0.205. The largest absolute Gasteiger partial charge is 0.397 e. The van der Waals surface area contributed by atoms with E-state index in [1.165, 1.54) is 0 Å². The standard InChI is InChI=1S/C11H18N2O/c1-3-13(8-9-14-2)11-7-5-4-6-10(11)12/h4-7H,3,8-9,12H2,1-2H3. The van der Waals surface area contributed by atoms with E-state index in [4.69, 9.17) is 10.5 Å². The van der Waals surface area contributed by atoms with E-state index >= 15 is 0 Å². The number of nitrogens with two attached hydrogens (primary N) is 1. The van der Waals surface area contributed by atoms with Gasteiger partial charge in [-0.1, -0.05) is 12.1 Å². The molecule has 0 aromatic heterocycles. The fraction of sp³-hybridized carbons (Fsp3) is 0.455. The lowest BCUT2D eigenvalue weighted by Gasteiger charge is -2.23. The molecule has 1 rings (SSSR count). The average Bonchev–Trinajstić information content (AvgIpc) is 2.21. The van der Waals surface area contributed by atoms with Gasteiger partial charge in [-0.25, -0.2) is 0 Å². The van der Waals surface area contributed by atoms with Crippen molar-refractivity contribution in [2.75, 3.05) is 37.4 Å². The van der Waals surface area contributed by atoms with Gasteiger partial charge in [0, 0.05) is 20.2 Å². The van der Waals surface area contributed by atoms with E-state index < -0.39 is 0 Å². The summed E-state index contributed by atoms with van der Waals surface area (Å²) in [6.45, 7) is 4.66. The second-order valence-corrected chi connectivity index (χ2v) is 3.13. The fourth-order valence-corrected chi connectivity index (χ4v) is 1.43. The molecule has 3 nitrogen and oxygen atoms in total. The van der Waals surface area contributed by atoms with Gasteiger partial charge < -0.3 is 15.4 Å². The lowest BCUT2D eigenvalue weighted by Crippen LogP contribution is -2.27. The monoisotopic (exact) mass is 194 g/mol. The number of methoxy groups -OCH3 is 1. The van der Waals surface area contributed by atoms with Crippen LogP contribution in [0.15, 0.2) is 24.3 Å². The van der Waals surface area contributed by atoms with Crippen LogP contribution >= 0.6 is 0 Å². The second kappa shape index (κ2) is 5.50. The maximum Gasteiger partial charge on any atom is 0.0637 e. The molecule has 0 radical (unpaired) electrons. The minimum atomic E-state index is 0.724. The first-order valence-electron chi connectivity index (χ1n) is 4.88. The van der Waals surface area contributed by atoms with Crippen molar-refractivity contribution in [1.82, 2.24) is 0 Å². The van der Waals surface area contributed by atoms with E-state index in [0.717, 1.165) is 31.1 Å². The summed E-state index contributed by atoms with van der Waals surface area (Å²) in [5, 5.41) is 0. The molecular weight excluding hydrogens is 176 g/mol. The normalized spacial score (nSPS) is 10.1. The summed E-state index contributed by atoms with van der Waals surface area (Å²) in [4.78, 5) is 2.21. The highest BCUT2D eigenvalue weighted by Gasteiger charge is 2.05. The molecule has 0 aliphatic rings. The molecule has 14 heavy (non-hydrogen) atoms. The molecule has 0 amide bonds. The van der Waals surface area contributed by atoms with Crippen molar-refractivity contribution in [1.29, 1.82) is 0 Å². The van der Waals surface area contributed by atoms with Crippen LogP contribution in [0.5, 0.6) is 0 Å². The van der Waals surface area contributed by atoms with Gasteiger partial charge in [-0.05, 0) is 19.1 Å². The van der Waals surface area contributed by atoms with Crippen molar-refractivity contribution in [3.63, 3.8) is 0 Å². The lowest BCUT2D eigenvalue weighted by atomic mass is 10.2. The van der Waals surface area contributed by atoms with Gasteiger partial charge >= 0.3 is 0 Å². The number of nitrogen functional groups attached to an aromatic ring is 1. The van der Waals surface area contributed by atoms with Gasteiger partial charge in [0.05, 0.1) is 18.0 Å². The Balaban J connectivity index is 2.73. The Bertz CT molecular complexity index is 276. The van der Waals surface area contributed by atoms with Crippen molar-refractivity contribution in [2.24, 2.45) is 0 Å². The van der Waals surface area contributed by atoms with Crippen LogP contribution in [0.3, 0.4) is 0 Å². The molecule has 2 N–H and O–H groups in total. The van der Waals surface area contributed by atoms with Crippen molar-refractivity contribution in [3.8, 4) is 0 Å². The Morgan fingerprint density at radius 2 is 2.07 bits per heavy atom. The Kier molecular flexibility index (Phi) is 4.26. The molecule has 0 aliphatic heterocycles. The smallest absolute Gasteiger partial charge is 0.0637 e. The summed E-state index contributed by atoms with van der Waals surface area (Å²) in [5.41, 5.74) is 7.80. The van der Waals surface area contributed by atoms with Crippen LogP contribution < -0.4 is 10.6 Å². The van der Waals surface area contributed by atoms with Crippen LogP contribution in [0.2, 0.25) is 0 Å². The number of para-hydroxylation sites is 2. The predicted molar refractivity (Wildman–Crippen MR) is 60.6 cm³/mol. The van der Waals surface area contributed by atoms with E-state index in [9.17, 15) is 0 Å². The van der Waals surface area contributed by atoms with Crippen LogP contribution in [0.1, 0.15) is 6.92 Å². The summed E-state index contributed by atoms with van der Waals surface area (Å²) in [5.74, 6) is 0. The van der Waals surface area contributed by atoms with E-state index in [0.29, 0.717) is 0 Å². The van der Waals surface area contributed by atoms with Crippen LogP contribution in [0.4, 0.5) is 11.4 Å². The first-order chi connectivity index (χ1) is 6.79. The van der Waals surface area contributed by atoms with Crippen molar-refractivity contribution in [2.45, 2.75) is 6.92 Å². The number of ether oxygens (including phenoxy) is 1. The third kappa shape index (κ3) is 2.64. The zero-order chi connectivity index (χ0) is 10.4. The predicted octanol–water partition coefficient (Wildman–Crippen LogP) is 1.74. The van der Waals surface area contributed by atoms with Crippen LogP contribution in [0.25, 0.3) is 0 Å². The molecule has 0 spiro atoms. The minimum absolute atomic E-state index is 0.724.